The molecule has 2 aliphatic carbocycles. The van der Waals surface area contributed by atoms with Crippen molar-refractivity contribution in [1.82, 2.24) is 0 Å². The first-order valence-corrected chi connectivity index (χ1v) is 16.2. The van der Waals surface area contributed by atoms with E-state index in [0.717, 1.165) is 5.56 Å². The Bertz CT molecular complexity index is 1600. The average molecular weight is 679 g/mol. The first-order valence-electron chi connectivity index (χ1n) is 16.2. The topological polar surface area (TPSA) is 161 Å². The van der Waals surface area contributed by atoms with Crippen molar-refractivity contribution >= 4 is 35.9 Å². The zero-order valence-corrected chi connectivity index (χ0v) is 28.2. The maximum absolute atomic E-state index is 13.6. The minimum absolute atomic E-state index is 0.00822. The fraction of sp³-hybridized carbons (Fsp3) is 0.486. The van der Waals surface area contributed by atoms with Gasteiger partial charge in [-0.15, -0.1) is 0 Å². The van der Waals surface area contributed by atoms with Crippen molar-refractivity contribution in [1.29, 1.82) is 0 Å². The zero-order chi connectivity index (χ0) is 35.6. The summed E-state index contributed by atoms with van der Waals surface area (Å²) in [5, 5.41) is 12.4. The average Bonchev–Trinajstić information content (AvgIpc) is 3.23. The van der Waals surface area contributed by atoms with Gasteiger partial charge in [0.05, 0.1) is 11.2 Å². The molecule has 8 atom stereocenters. The fourth-order valence-corrected chi connectivity index (χ4v) is 8.02. The molecule has 262 valence electrons. The minimum Gasteiger partial charge on any atom is -0.465 e. The molecule has 49 heavy (non-hydrogen) atoms. The van der Waals surface area contributed by atoms with Gasteiger partial charge in [-0.25, -0.2) is 9.59 Å². The molecule has 12 nitrogen and oxygen atoms in total. The number of benzene rings is 2. The van der Waals surface area contributed by atoms with E-state index in [9.17, 15) is 29.1 Å². The van der Waals surface area contributed by atoms with Crippen molar-refractivity contribution in [2.75, 3.05) is 13.2 Å². The number of aliphatic hydroxyl groups is 1. The molecule has 2 saturated carbocycles. The van der Waals surface area contributed by atoms with Gasteiger partial charge >= 0.3 is 29.8 Å². The summed E-state index contributed by atoms with van der Waals surface area (Å²) in [6, 6.07) is 17.4. The molecule has 2 aromatic rings. The number of ether oxygens (including phenoxy) is 6. The number of rotatable bonds is 10. The Morgan fingerprint density at radius 3 is 2.06 bits per heavy atom. The number of esters is 5. The van der Waals surface area contributed by atoms with Gasteiger partial charge in [0, 0.05) is 32.8 Å². The summed E-state index contributed by atoms with van der Waals surface area (Å²) in [6.07, 6.45) is -0.822. The van der Waals surface area contributed by atoms with Crippen molar-refractivity contribution in [2.45, 2.75) is 89.0 Å². The van der Waals surface area contributed by atoms with Gasteiger partial charge in [-0.2, -0.15) is 0 Å². The number of hydrogen-bond donors (Lipinski definition) is 1. The van der Waals surface area contributed by atoms with E-state index in [4.69, 9.17) is 28.4 Å². The highest BCUT2D eigenvalue weighted by Gasteiger charge is 2.85. The molecule has 1 saturated heterocycles. The SMILES string of the molecule is CC(=O)OC[C@@]12[C@@H](OC(C)=O)CC[C@](C)(O)C13OC(C)(COC(=O)c1ccccc1)C(C[C@@H]2OC(=O)/C=C/c1ccccc1)[C@H]3OC(C)=O. The van der Waals surface area contributed by atoms with E-state index in [-0.39, 0.29) is 25.9 Å². The van der Waals surface area contributed by atoms with E-state index in [2.05, 4.69) is 0 Å². The third-order valence-corrected chi connectivity index (χ3v) is 10.0. The molecule has 1 N–H and O–H groups in total. The van der Waals surface area contributed by atoms with Crippen molar-refractivity contribution < 1.29 is 57.5 Å². The van der Waals surface area contributed by atoms with Crippen LogP contribution >= 0.6 is 0 Å². The molecule has 1 aliphatic heterocycles. The van der Waals surface area contributed by atoms with Crippen molar-refractivity contribution in [3.05, 3.63) is 77.9 Å². The monoisotopic (exact) mass is 678 g/mol. The summed E-state index contributed by atoms with van der Waals surface area (Å²) in [6.45, 7) is 5.86. The van der Waals surface area contributed by atoms with Gasteiger partial charge in [-0.05, 0) is 56.9 Å². The fourth-order valence-electron chi connectivity index (χ4n) is 8.02. The van der Waals surface area contributed by atoms with Crippen molar-refractivity contribution in [3.8, 4) is 0 Å². The highest BCUT2D eigenvalue weighted by molar-refractivity contribution is 5.89. The van der Waals surface area contributed by atoms with Gasteiger partial charge in [0.15, 0.2) is 5.60 Å². The molecule has 0 radical (unpaired) electrons. The highest BCUT2D eigenvalue weighted by atomic mass is 16.6. The van der Waals surface area contributed by atoms with Gasteiger partial charge < -0.3 is 33.5 Å². The van der Waals surface area contributed by atoms with Gasteiger partial charge in [-0.3, -0.25) is 14.4 Å². The second-order valence-electron chi connectivity index (χ2n) is 13.4. The van der Waals surface area contributed by atoms with E-state index in [1.165, 1.54) is 33.8 Å². The standard InChI is InChI=1S/C37H42O12/c1-23(38)44-22-36-29(46-24(2)39)18-19-35(5,43)37(36)32(47-25(3)40)28(20-30(36)48-31(41)17-16-26-12-8-6-9-13-26)34(4,49-37)21-45-33(42)27-14-10-7-11-15-27/h6-17,28-30,32,43H,18-22H2,1-5H3/b17-16+/t28?,29-,30-,32+,34?,35-,36-,37?/m0/s1. The van der Waals surface area contributed by atoms with E-state index < -0.39 is 82.9 Å². The quantitative estimate of drug-likeness (QED) is 0.219. The van der Waals surface area contributed by atoms with Crippen molar-refractivity contribution in [2.24, 2.45) is 11.3 Å². The van der Waals surface area contributed by atoms with Crippen LogP contribution in [0.5, 0.6) is 0 Å². The molecule has 1 heterocycles. The van der Waals surface area contributed by atoms with Crippen molar-refractivity contribution in [3.63, 3.8) is 0 Å². The van der Waals surface area contributed by atoms with Crippen LogP contribution in [0.15, 0.2) is 66.7 Å². The van der Waals surface area contributed by atoms with Crippen LogP contribution in [0.4, 0.5) is 0 Å². The lowest BCUT2D eigenvalue weighted by Gasteiger charge is -2.64. The predicted octanol–water partition coefficient (Wildman–Crippen LogP) is 3.97. The molecule has 3 fully saturated rings. The highest BCUT2D eigenvalue weighted by Crippen LogP contribution is 2.69. The van der Waals surface area contributed by atoms with Crippen LogP contribution in [-0.2, 0) is 47.6 Å². The van der Waals surface area contributed by atoms with Crippen LogP contribution in [0.2, 0.25) is 0 Å². The number of hydrogen-bond acceptors (Lipinski definition) is 12. The van der Waals surface area contributed by atoms with Crippen LogP contribution in [0.3, 0.4) is 0 Å². The molecule has 0 amide bonds. The van der Waals surface area contributed by atoms with Gasteiger partial charge in [0.2, 0.25) is 0 Å². The van der Waals surface area contributed by atoms with E-state index in [1.54, 1.807) is 55.5 Å². The molecule has 2 bridgehead atoms. The summed E-state index contributed by atoms with van der Waals surface area (Å²) in [4.78, 5) is 64.5. The van der Waals surface area contributed by atoms with Crippen LogP contribution in [0.1, 0.15) is 69.8 Å². The summed E-state index contributed by atoms with van der Waals surface area (Å²) >= 11 is 0. The largest absolute Gasteiger partial charge is 0.465 e. The van der Waals surface area contributed by atoms with Crippen LogP contribution in [0, 0.1) is 11.3 Å². The van der Waals surface area contributed by atoms with E-state index in [0.29, 0.717) is 5.56 Å². The Morgan fingerprint density at radius 2 is 1.45 bits per heavy atom. The Kier molecular flexibility index (Phi) is 10.0. The Morgan fingerprint density at radius 1 is 0.816 bits per heavy atom. The first-order chi connectivity index (χ1) is 23.1. The third-order valence-electron chi connectivity index (χ3n) is 10.0. The van der Waals surface area contributed by atoms with Crippen LogP contribution in [-0.4, -0.2) is 83.3 Å². The second kappa shape index (κ2) is 13.8. The van der Waals surface area contributed by atoms with E-state index >= 15 is 0 Å². The lowest BCUT2D eigenvalue weighted by Crippen LogP contribution is -2.81. The zero-order valence-electron chi connectivity index (χ0n) is 28.2. The summed E-state index contributed by atoms with van der Waals surface area (Å²) < 4.78 is 36.5. The molecule has 2 aromatic carbocycles. The Hall–Kier alpha value is -4.55. The number of carbonyl (C=O) groups excluding carboxylic acids is 5. The molecule has 12 heteroatoms. The van der Waals surface area contributed by atoms with Crippen LogP contribution < -0.4 is 0 Å². The van der Waals surface area contributed by atoms with Crippen LogP contribution in [0.25, 0.3) is 6.08 Å². The molecule has 3 aliphatic rings. The molecule has 1 spiro atoms. The van der Waals surface area contributed by atoms with Gasteiger partial charge in [-0.1, -0.05) is 48.5 Å². The maximum Gasteiger partial charge on any atom is 0.338 e. The molecule has 5 rings (SSSR count). The number of fused-ring (bicyclic) bond motifs is 1. The third kappa shape index (κ3) is 6.59. The Balaban J connectivity index is 1.66. The van der Waals surface area contributed by atoms with E-state index in [1.807, 2.05) is 18.2 Å². The lowest BCUT2D eigenvalue weighted by molar-refractivity contribution is -0.343. The predicted molar refractivity (Wildman–Crippen MR) is 172 cm³/mol. The minimum atomic E-state index is -2.01. The smallest absolute Gasteiger partial charge is 0.338 e. The van der Waals surface area contributed by atoms with Gasteiger partial charge in [0.25, 0.3) is 0 Å². The maximum atomic E-state index is 13.6. The molecule has 3 unspecified atom stereocenters. The molecular weight excluding hydrogens is 636 g/mol. The summed E-state index contributed by atoms with van der Waals surface area (Å²) in [5.41, 5.74) is -6.09. The second-order valence-corrected chi connectivity index (χ2v) is 13.4. The normalized spacial score (nSPS) is 33.2. The summed E-state index contributed by atoms with van der Waals surface area (Å²) in [5.74, 6) is -4.31. The Labute approximate surface area is 284 Å². The summed E-state index contributed by atoms with van der Waals surface area (Å²) in [7, 11) is 0. The molecular formula is C37H42O12. The van der Waals surface area contributed by atoms with Gasteiger partial charge in [0.1, 0.15) is 42.5 Å². The lowest BCUT2D eigenvalue weighted by atomic mass is 9.47. The number of carbonyl (C=O) groups is 5. The molecule has 0 aromatic heterocycles. The first kappa shape index (κ1) is 35.7.